The molecule has 3 aromatic rings. The molecule has 0 atom stereocenters. The van der Waals surface area contributed by atoms with Crippen molar-refractivity contribution in [1.29, 1.82) is 0 Å². The van der Waals surface area contributed by atoms with Gasteiger partial charge >= 0.3 is 0 Å². The number of rotatable bonds is 10. The summed E-state index contributed by atoms with van der Waals surface area (Å²) in [4.78, 5) is 15.4. The Labute approximate surface area is 181 Å². The van der Waals surface area contributed by atoms with E-state index in [2.05, 4.69) is 30.1 Å². The fourth-order valence-corrected chi connectivity index (χ4v) is 3.32. The van der Waals surface area contributed by atoms with Gasteiger partial charge in [0.05, 0.1) is 26.0 Å². The molecule has 31 heavy (non-hydrogen) atoms. The number of hydrogen-bond donors (Lipinski definition) is 2. The minimum Gasteiger partial charge on any atom is -0.380 e. The average molecular weight is 449 g/mol. The van der Waals surface area contributed by atoms with Gasteiger partial charge in [-0.05, 0) is 31.5 Å². The molecule has 0 spiro atoms. The molecule has 3 heterocycles. The van der Waals surface area contributed by atoms with Gasteiger partial charge in [-0.25, -0.2) is 23.1 Å². The molecule has 3 rings (SSSR count). The molecule has 0 amide bonds. The molecule has 0 radical (unpaired) electrons. The van der Waals surface area contributed by atoms with E-state index in [1.807, 2.05) is 40.1 Å². The van der Waals surface area contributed by atoms with Crippen LogP contribution < -0.4 is 14.9 Å². The van der Waals surface area contributed by atoms with Gasteiger partial charge in [0.25, 0.3) is 0 Å². The fourth-order valence-electron chi connectivity index (χ4n) is 2.92. The number of nitrogens with one attached hydrogen (secondary N) is 2. The molecule has 0 aliphatic carbocycles. The van der Waals surface area contributed by atoms with Crippen LogP contribution in [-0.2, 0) is 27.8 Å². The first kappa shape index (κ1) is 22.8. The molecular formula is C19H28N8O3S. The Bertz CT molecular complexity index is 1160. The summed E-state index contributed by atoms with van der Waals surface area (Å²) in [6, 6.07) is 3.82. The number of ether oxygens (including phenoxy) is 1. The molecule has 0 aromatic carbocycles. The summed E-state index contributed by atoms with van der Waals surface area (Å²) in [5.41, 5.74) is 2.77. The lowest BCUT2D eigenvalue weighted by atomic mass is 10.3. The average Bonchev–Trinajstić information content (AvgIpc) is 3.04. The molecule has 11 nitrogen and oxygen atoms in total. The Hall–Kier alpha value is -2.83. The number of fused-ring (bicyclic) bond motifs is 1. The van der Waals surface area contributed by atoms with Gasteiger partial charge in [-0.15, -0.1) is 0 Å². The SMILES string of the molecule is CCOCCn1nc(CNS(C)(=O)=O)c2nc(N(C)C)nc(Nc3cc(C)ccn3)c21. The maximum atomic E-state index is 11.6. The number of pyridine rings is 1. The molecule has 0 aliphatic rings. The number of aromatic nitrogens is 5. The molecular weight excluding hydrogens is 420 g/mol. The number of aryl methyl sites for hydroxylation is 1. The summed E-state index contributed by atoms with van der Waals surface area (Å²) >= 11 is 0. The highest BCUT2D eigenvalue weighted by Gasteiger charge is 2.20. The highest BCUT2D eigenvalue weighted by Crippen LogP contribution is 2.28. The van der Waals surface area contributed by atoms with Crippen molar-refractivity contribution >= 4 is 38.6 Å². The summed E-state index contributed by atoms with van der Waals surface area (Å²) < 4.78 is 33.0. The zero-order valence-corrected chi connectivity index (χ0v) is 19.2. The standard InChI is InChI=1S/C19H28N8O3S/c1-6-30-10-9-27-17-16(14(25-27)12-21-31(5,28)29)23-19(26(3)4)24-18(17)22-15-11-13(2)7-8-20-15/h7-8,11,21H,6,9-10,12H2,1-5H3,(H,20,22,23,24). The van der Waals surface area contributed by atoms with Gasteiger partial charge in [-0.2, -0.15) is 10.1 Å². The second kappa shape index (κ2) is 9.54. The molecule has 3 aromatic heterocycles. The Morgan fingerprint density at radius 3 is 2.68 bits per heavy atom. The third kappa shape index (κ3) is 5.87. The van der Waals surface area contributed by atoms with Crippen molar-refractivity contribution in [2.24, 2.45) is 0 Å². The minimum absolute atomic E-state index is 0.0169. The van der Waals surface area contributed by atoms with E-state index < -0.39 is 10.0 Å². The van der Waals surface area contributed by atoms with Crippen LogP contribution in [0.3, 0.4) is 0 Å². The Balaban J connectivity index is 2.15. The van der Waals surface area contributed by atoms with E-state index in [1.54, 1.807) is 15.8 Å². The van der Waals surface area contributed by atoms with Crippen molar-refractivity contribution in [2.75, 3.05) is 43.8 Å². The van der Waals surface area contributed by atoms with Crippen molar-refractivity contribution in [3.8, 4) is 0 Å². The van der Waals surface area contributed by atoms with Crippen molar-refractivity contribution in [2.45, 2.75) is 26.9 Å². The zero-order chi connectivity index (χ0) is 22.6. The van der Waals surface area contributed by atoms with E-state index in [1.165, 1.54) is 0 Å². The van der Waals surface area contributed by atoms with Crippen LogP contribution in [0.5, 0.6) is 0 Å². The summed E-state index contributed by atoms with van der Waals surface area (Å²) in [6.07, 6.45) is 2.83. The molecule has 2 N–H and O–H groups in total. The quantitative estimate of drug-likeness (QED) is 0.443. The lowest BCUT2D eigenvalue weighted by Gasteiger charge is -2.14. The van der Waals surface area contributed by atoms with Gasteiger partial charge in [0.1, 0.15) is 22.5 Å². The maximum absolute atomic E-state index is 11.6. The lowest BCUT2D eigenvalue weighted by molar-refractivity contribution is 0.137. The summed E-state index contributed by atoms with van der Waals surface area (Å²) in [5.74, 6) is 1.63. The second-order valence-corrected chi connectivity index (χ2v) is 9.10. The number of hydrogen-bond acceptors (Lipinski definition) is 9. The number of sulfonamides is 1. The highest BCUT2D eigenvalue weighted by molar-refractivity contribution is 7.88. The molecule has 0 unspecified atom stereocenters. The van der Waals surface area contributed by atoms with Crippen LogP contribution in [-0.4, -0.2) is 66.7 Å². The van der Waals surface area contributed by atoms with E-state index >= 15 is 0 Å². The van der Waals surface area contributed by atoms with Crippen LogP contribution in [0.15, 0.2) is 18.3 Å². The Kier molecular flexibility index (Phi) is 7.03. The first-order valence-electron chi connectivity index (χ1n) is 9.84. The molecule has 0 saturated heterocycles. The third-order valence-corrected chi connectivity index (χ3v) is 5.03. The van der Waals surface area contributed by atoms with Crippen LogP contribution in [0, 0.1) is 6.92 Å². The van der Waals surface area contributed by atoms with Crippen molar-refractivity contribution in [3.63, 3.8) is 0 Å². The van der Waals surface area contributed by atoms with Crippen molar-refractivity contribution < 1.29 is 13.2 Å². The molecule has 168 valence electrons. The van der Waals surface area contributed by atoms with Gasteiger partial charge in [-0.3, -0.25) is 4.68 Å². The van der Waals surface area contributed by atoms with Crippen LogP contribution in [0.25, 0.3) is 11.0 Å². The fraction of sp³-hybridized carbons (Fsp3) is 0.474. The summed E-state index contributed by atoms with van der Waals surface area (Å²) in [7, 11) is 0.278. The molecule has 0 fully saturated rings. The van der Waals surface area contributed by atoms with Gasteiger partial charge in [0, 0.05) is 26.9 Å². The molecule has 0 aliphatic heterocycles. The largest absolute Gasteiger partial charge is 0.380 e. The van der Waals surface area contributed by atoms with Gasteiger partial charge in [-0.1, -0.05) is 0 Å². The smallest absolute Gasteiger partial charge is 0.227 e. The first-order chi connectivity index (χ1) is 14.7. The van der Waals surface area contributed by atoms with Crippen molar-refractivity contribution in [3.05, 3.63) is 29.6 Å². The van der Waals surface area contributed by atoms with Crippen LogP contribution in [0.4, 0.5) is 17.6 Å². The monoisotopic (exact) mass is 448 g/mol. The van der Waals surface area contributed by atoms with Crippen molar-refractivity contribution in [1.82, 2.24) is 29.5 Å². The predicted octanol–water partition coefficient (Wildman–Crippen LogP) is 1.43. The van der Waals surface area contributed by atoms with Gasteiger partial charge in [0.15, 0.2) is 5.82 Å². The number of nitrogens with zero attached hydrogens (tertiary/aromatic N) is 6. The summed E-state index contributed by atoms with van der Waals surface area (Å²) in [5, 5.41) is 7.88. The lowest BCUT2D eigenvalue weighted by Crippen LogP contribution is -2.22. The topological polar surface area (TPSA) is 127 Å². The number of anilines is 3. The van der Waals surface area contributed by atoms with Crippen LogP contribution in [0.1, 0.15) is 18.2 Å². The van der Waals surface area contributed by atoms with E-state index in [4.69, 9.17) is 4.74 Å². The second-order valence-electron chi connectivity index (χ2n) is 7.27. The van der Waals surface area contributed by atoms with E-state index in [0.717, 1.165) is 11.8 Å². The molecule has 0 bridgehead atoms. The predicted molar refractivity (Wildman–Crippen MR) is 120 cm³/mol. The highest BCUT2D eigenvalue weighted by atomic mass is 32.2. The Morgan fingerprint density at radius 1 is 1.26 bits per heavy atom. The third-order valence-electron chi connectivity index (χ3n) is 4.36. The minimum atomic E-state index is -3.40. The Morgan fingerprint density at radius 2 is 2.03 bits per heavy atom. The van der Waals surface area contributed by atoms with E-state index in [-0.39, 0.29) is 6.54 Å². The van der Waals surface area contributed by atoms with Gasteiger partial charge < -0.3 is 15.0 Å². The first-order valence-corrected chi connectivity index (χ1v) is 11.7. The molecule has 12 heteroatoms. The van der Waals surface area contributed by atoms with E-state index in [0.29, 0.717) is 54.1 Å². The van der Waals surface area contributed by atoms with Gasteiger partial charge in [0.2, 0.25) is 16.0 Å². The maximum Gasteiger partial charge on any atom is 0.227 e. The normalized spacial score (nSPS) is 11.8. The van der Waals surface area contributed by atoms with E-state index in [9.17, 15) is 8.42 Å². The zero-order valence-electron chi connectivity index (χ0n) is 18.4. The van der Waals surface area contributed by atoms with Crippen LogP contribution >= 0.6 is 0 Å². The molecule has 0 saturated carbocycles. The van der Waals surface area contributed by atoms with Crippen LogP contribution in [0.2, 0.25) is 0 Å². The summed E-state index contributed by atoms with van der Waals surface area (Å²) in [6.45, 7) is 5.42.